The van der Waals surface area contributed by atoms with Crippen LogP contribution in [-0.4, -0.2) is 29.1 Å². The van der Waals surface area contributed by atoms with E-state index in [4.69, 9.17) is 16.3 Å². The van der Waals surface area contributed by atoms with E-state index in [1.165, 1.54) is 35.6 Å². The van der Waals surface area contributed by atoms with Crippen LogP contribution >= 0.6 is 22.9 Å². The van der Waals surface area contributed by atoms with Crippen LogP contribution < -0.4 is 4.80 Å². The highest BCUT2D eigenvalue weighted by Gasteiger charge is 2.08. The van der Waals surface area contributed by atoms with Crippen molar-refractivity contribution < 1.29 is 14.5 Å². The van der Waals surface area contributed by atoms with Gasteiger partial charge in [0.1, 0.15) is 0 Å². The van der Waals surface area contributed by atoms with Crippen LogP contribution in [0.15, 0.2) is 53.5 Å². The second kappa shape index (κ2) is 8.92. The van der Waals surface area contributed by atoms with E-state index < -0.39 is 10.8 Å². The lowest BCUT2D eigenvalue weighted by molar-refractivity contribution is -0.384. The number of non-ortho nitro benzene ring substituents is 1. The highest BCUT2D eigenvalue weighted by molar-refractivity contribution is 7.16. The van der Waals surface area contributed by atoms with Gasteiger partial charge in [-0.05, 0) is 29.8 Å². The number of nitro benzene ring substituents is 1. The SMILES string of the molecule is COCCn1c(=NC(=O)/C=C/c2cccc([N+](=O)[O-])c2)sc2cc(Cl)ccc21. The Kier molecular flexibility index (Phi) is 6.35. The Labute approximate surface area is 169 Å². The summed E-state index contributed by atoms with van der Waals surface area (Å²) in [6, 6.07) is 11.5. The van der Waals surface area contributed by atoms with Gasteiger partial charge in [0.05, 0.1) is 21.7 Å². The topological polar surface area (TPSA) is 86.7 Å². The van der Waals surface area contributed by atoms with Crippen molar-refractivity contribution in [1.82, 2.24) is 4.57 Å². The van der Waals surface area contributed by atoms with E-state index >= 15 is 0 Å². The molecular formula is C19H16ClN3O4S. The lowest BCUT2D eigenvalue weighted by atomic mass is 10.2. The average Bonchev–Trinajstić information content (AvgIpc) is 3.00. The van der Waals surface area contributed by atoms with Gasteiger partial charge in [-0.1, -0.05) is 35.1 Å². The Balaban J connectivity index is 1.93. The van der Waals surface area contributed by atoms with E-state index in [-0.39, 0.29) is 5.69 Å². The van der Waals surface area contributed by atoms with Crippen LogP contribution in [-0.2, 0) is 16.1 Å². The molecule has 0 aliphatic carbocycles. The molecule has 2 aromatic carbocycles. The number of amides is 1. The van der Waals surface area contributed by atoms with Crippen LogP contribution in [0.25, 0.3) is 16.3 Å². The molecule has 3 aromatic rings. The number of benzene rings is 2. The molecule has 1 amide bonds. The molecule has 0 aliphatic heterocycles. The maximum absolute atomic E-state index is 12.3. The number of thiazole rings is 1. The minimum Gasteiger partial charge on any atom is -0.383 e. The standard InChI is InChI=1S/C19H16ClN3O4S/c1-27-10-9-22-16-7-6-14(20)12-17(16)28-19(22)21-18(24)8-5-13-3-2-4-15(11-13)23(25)26/h2-8,11-12H,9-10H2,1H3/b8-5+,21-19?. The molecule has 0 saturated heterocycles. The third kappa shape index (κ3) is 4.72. The first-order valence-corrected chi connectivity index (χ1v) is 9.46. The number of carbonyl (C=O) groups is 1. The molecule has 0 aliphatic rings. The fourth-order valence-corrected chi connectivity index (χ4v) is 3.91. The van der Waals surface area contributed by atoms with E-state index in [1.54, 1.807) is 25.3 Å². The number of hydrogen-bond acceptors (Lipinski definition) is 5. The summed E-state index contributed by atoms with van der Waals surface area (Å²) in [5.74, 6) is -0.463. The minimum absolute atomic E-state index is 0.0367. The molecule has 1 aromatic heterocycles. The van der Waals surface area contributed by atoms with E-state index in [0.29, 0.717) is 28.5 Å². The van der Waals surface area contributed by atoms with Crippen LogP contribution in [0.4, 0.5) is 5.69 Å². The van der Waals surface area contributed by atoms with Crippen molar-refractivity contribution in [1.29, 1.82) is 0 Å². The highest BCUT2D eigenvalue weighted by Crippen LogP contribution is 2.22. The van der Waals surface area contributed by atoms with Crippen molar-refractivity contribution in [3.63, 3.8) is 0 Å². The number of methoxy groups -OCH3 is 1. The molecule has 7 nitrogen and oxygen atoms in total. The molecule has 144 valence electrons. The molecule has 9 heteroatoms. The molecule has 0 bridgehead atoms. The van der Waals surface area contributed by atoms with Crippen molar-refractivity contribution in [3.05, 3.63) is 74.0 Å². The first kappa shape index (κ1) is 19.9. The van der Waals surface area contributed by atoms with Crippen LogP contribution in [0.3, 0.4) is 0 Å². The Morgan fingerprint density at radius 2 is 2.18 bits per heavy atom. The first-order valence-electron chi connectivity index (χ1n) is 8.27. The molecule has 0 fully saturated rings. The number of carbonyl (C=O) groups excluding carboxylic acids is 1. The Hall–Kier alpha value is -2.81. The van der Waals surface area contributed by atoms with Crippen LogP contribution in [0, 0.1) is 10.1 Å². The van der Waals surface area contributed by atoms with Gasteiger partial charge in [-0.2, -0.15) is 4.99 Å². The molecule has 3 rings (SSSR count). The van der Waals surface area contributed by atoms with Gasteiger partial charge in [0, 0.05) is 36.9 Å². The lowest BCUT2D eigenvalue weighted by Gasteiger charge is -2.03. The fourth-order valence-electron chi connectivity index (χ4n) is 2.57. The normalized spacial score (nSPS) is 12.1. The molecule has 0 atom stereocenters. The van der Waals surface area contributed by atoms with Gasteiger partial charge < -0.3 is 9.30 Å². The number of nitrogens with zero attached hydrogens (tertiary/aromatic N) is 3. The van der Waals surface area contributed by atoms with Gasteiger partial charge >= 0.3 is 0 Å². The van der Waals surface area contributed by atoms with Gasteiger partial charge in [-0.3, -0.25) is 14.9 Å². The van der Waals surface area contributed by atoms with Crippen LogP contribution in [0.1, 0.15) is 5.56 Å². The van der Waals surface area contributed by atoms with Crippen molar-refractivity contribution >= 4 is 50.8 Å². The zero-order chi connectivity index (χ0) is 20.1. The molecule has 1 heterocycles. The van der Waals surface area contributed by atoms with E-state index in [2.05, 4.69) is 4.99 Å². The summed E-state index contributed by atoms with van der Waals surface area (Å²) < 4.78 is 7.96. The first-order chi connectivity index (χ1) is 13.5. The van der Waals surface area contributed by atoms with E-state index in [9.17, 15) is 14.9 Å². The van der Waals surface area contributed by atoms with Gasteiger partial charge in [-0.15, -0.1) is 0 Å². The molecular weight excluding hydrogens is 402 g/mol. The van der Waals surface area contributed by atoms with Gasteiger partial charge in [0.15, 0.2) is 4.80 Å². The van der Waals surface area contributed by atoms with E-state index in [0.717, 1.165) is 10.2 Å². The van der Waals surface area contributed by atoms with E-state index in [1.807, 2.05) is 16.7 Å². The maximum Gasteiger partial charge on any atom is 0.272 e. The molecule has 0 radical (unpaired) electrons. The molecule has 0 N–H and O–H groups in total. The maximum atomic E-state index is 12.3. The van der Waals surface area contributed by atoms with Crippen LogP contribution in [0.5, 0.6) is 0 Å². The summed E-state index contributed by atoms with van der Waals surface area (Å²) >= 11 is 7.42. The second-order valence-corrected chi connectivity index (χ2v) is 7.22. The van der Waals surface area contributed by atoms with Gasteiger partial charge in [-0.25, -0.2) is 0 Å². The number of aromatic nitrogens is 1. The zero-order valence-corrected chi connectivity index (χ0v) is 16.4. The Morgan fingerprint density at radius 1 is 1.36 bits per heavy atom. The number of hydrogen-bond donors (Lipinski definition) is 0. The quantitative estimate of drug-likeness (QED) is 0.344. The summed E-state index contributed by atoms with van der Waals surface area (Å²) in [4.78, 5) is 27.4. The molecule has 28 heavy (non-hydrogen) atoms. The number of ether oxygens (including phenoxy) is 1. The summed E-state index contributed by atoms with van der Waals surface area (Å²) in [5.41, 5.74) is 1.43. The smallest absolute Gasteiger partial charge is 0.272 e. The summed E-state index contributed by atoms with van der Waals surface area (Å²) in [6.45, 7) is 1.01. The van der Waals surface area contributed by atoms with Crippen molar-refractivity contribution in [2.75, 3.05) is 13.7 Å². The lowest BCUT2D eigenvalue weighted by Crippen LogP contribution is -2.18. The van der Waals surface area contributed by atoms with Gasteiger partial charge in [0.25, 0.3) is 11.6 Å². The van der Waals surface area contributed by atoms with Gasteiger partial charge in [0.2, 0.25) is 0 Å². The summed E-state index contributed by atoms with van der Waals surface area (Å²) in [6.07, 6.45) is 2.79. The number of fused-ring (bicyclic) bond motifs is 1. The van der Waals surface area contributed by atoms with Crippen molar-refractivity contribution in [3.8, 4) is 0 Å². The predicted octanol–water partition coefficient (Wildman–Crippen LogP) is 4.05. The van der Waals surface area contributed by atoms with Crippen LogP contribution in [0.2, 0.25) is 5.02 Å². The van der Waals surface area contributed by atoms with Crippen molar-refractivity contribution in [2.24, 2.45) is 4.99 Å². The Morgan fingerprint density at radius 3 is 2.93 bits per heavy atom. The minimum atomic E-state index is -0.482. The van der Waals surface area contributed by atoms with Crippen molar-refractivity contribution in [2.45, 2.75) is 6.54 Å². The molecule has 0 saturated carbocycles. The zero-order valence-electron chi connectivity index (χ0n) is 14.9. The summed E-state index contributed by atoms with van der Waals surface area (Å²) in [7, 11) is 1.61. The average molecular weight is 418 g/mol. The number of nitro groups is 1. The highest BCUT2D eigenvalue weighted by atomic mass is 35.5. The molecule has 0 spiro atoms. The number of halogens is 1. The monoisotopic (exact) mass is 417 g/mol. The molecule has 0 unspecified atom stereocenters. The largest absolute Gasteiger partial charge is 0.383 e. The number of rotatable bonds is 6. The third-order valence-corrected chi connectivity index (χ3v) is 5.15. The Bertz CT molecular complexity index is 1130. The predicted molar refractivity (Wildman–Crippen MR) is 109 cm³/mol. The summed E-state index contributed by atoms with van der Waals surface area (Å²) in [5, 5.41) is 11.4. The second-order valence-electron chi connectivity index (χ2n) is 5.78. The fraction of sp³-hybridized carbons (Fsp3) is 0.158. The third-order valence-electron chi connectivity index (χ3n) is 3.87.